The summed E-state index contributed by atoms with van der Waals surface area (Å²) in [5.74, 6) is -0.139. The quantitative estimate of drug-likeness (QED) is 0.830. The maximum Gasteiger partial charge on any atom is 0.411 e. The first-order chi connectivity index (χ1) is 9.87. The van der Waals surface area contributed by atoms with Crippen LogP contribution in [0.25, 0.3) is 0 Å². The van der Waals surface area contributed by atoms with Crippen molar-refractivity contribution in [1.29, 1.82) is 0 Å². The highest BCUT2D eigenvalue weighted by Crippen LogP contribution is 2.27. The van der Waals surface area contributed by atoms with Crippen molar-refractivity contribution in [3.63, 3.8) is 0 Å². The first-order valence-electron chi connectivity index (χ1n) is 6.56. The molecule has 0 spiro atoms. The predicted molar refractivity (Wildman–Crippen MR) is 75.6 cm³/mol. The molecule has 3 nitrogen and oxygen atoms in total. The van der Waals surface area contributed by atoms with E-state index in [1.807, 2.05) is 12.1 Å². The third-order valence-electron chi connectivity index (χ3n) is 3.18. The van der Waals surface area contributed by atoms with Crippen LogP contribution in [0.5, 0.6) is 0 Å². The van der Waals surface area contributed by atoms with Crippen molar-refractivity contribution >= 4 is 21.8 Å². The van der Waals surface area contributed by atoms with Crippen LogP contribution >= 0.6 is 15.9 Å². The summed E-state index contributed by atoms with van der Waals surface area (Å²) in [5, 5.41) is 2.80. The molecule has 1 N–H and O–H groups in total. The highest BCUT2D eigenvalue weighted by molar-refractivity contribution is 9.09. The van der Waals surface area contributed by atoms with Gasteiger partial charge in [-0.15, -0.1) is 0 Å². The van der Waals surface area contributed by atoms with Gasteiger partial charge in [0.2, 0.25) is 0 Å². The van der Waals surface area contributed by atoms with Gasteiger partial charge in [0.25, 0.3) is 5.91 Å². The summed E-state index contributed by atoms with van der Waals surface area (Å²) in [6.07, 6.45) is -2.64. The molecule has 116 valence electrons. The second-order valence-electron chi connectivity index (χ2n) is 4.87. The van der Waals surface area contributed by atoms with Gasteiger partial charge in [-0.25, -0.2) is 0 Å². The Morgan fingerprint density at radius 1 is 1.38 bits per heavy atom. The minimum atomic E-state index is -4.33. The lowest BCUT2D eigenvalue weighted by molar-refractivity contribution is -0.173. The van der Waals surface area contributed by atoms with Gasteiger partial charge in [-0.05, 0) is 30.0 Å². The standard InChI is InChI=1S/C14H15BrF3NO2/c15-12(7-21-8-14(16,17)18)10-4-3-9-2-1-5-19-13(20)11(9)6-10/h3-4,6,12H,1-2,5,7-8H2,(H,19,20). The molecule has 1 aromatic rings. The van der Waals surface area contributed by atoms with Gasteiger partial charge in [-0.3, -0.25) is 4.79 Å². The van der Waals surface area contributed by atoms with Crippen LogP contribution in [0, 0.1) is 0 Å². The number of carbonyl (C=O) groups is 1. The van der Waals surface area contributed by atoms with Gasteiger partial charge in [0.1, 0.15) is 6.61 Å². The van der Waals surface area contributed by atoms with E-state index in [2.05, 4.69) is 26.0 Å². The summed E-state index contributed by atoms with van der Waals surface area (Å²) >= 11 is 3.30. The largest absolute Gasteiger partial charge is 0.411 e. The van der Waals surface area contributed by atoms with Crippen molar-refractivity contribution in [3.05, 3.63) is 34.9 Å². The van der Waals surface area contributed by atoms with Gasteiger partial charge in [0, 0.05) is 12.1 Å². The molecule has 21 heavy (non-hydrogen) atoms. The molecule has 0 saturated carbocycles. The van der Waals surface area contributed by atoms with Crippen molar-refractivity contribution in [2.75, 3.05) is 19.8 Å². The number of amides is 1. The summed E-state index contributed by atoms with van der Waals surface area (Å²) in [7, 11) is 0. The molecule has 1 aromatic carbocycles. The number of rotatable bonds is 4. The molecule has 1 unspecified atom stereocenters. The number of halogens is 4. The molecule has 1 heterocycles. The maximum absolute atomic E-state index is 12.0. The van der Waals surface area contributed by atoms with Crippen LogP contribution in [-0.4, -0.2) is 31.8 Å². The Kier molecular flexibility index (Phi) is 5.27. The van der Waals surface area contributed by atoms with E-state index >= 15 is 0 Å². The molecule has 0 saturated heterocycles. The Morgan fingerprint density at radius 3 is 2.86 bits per heavy atom. The van der Waals surface area contributed by atoms with Crippen LogP contribution in [-0.2, 0) is 11.2 Å². The summed E-state index contributed by atoms with van der Waals surface area (Å²) in [6.45, 7) is -0.754. The Balaban J connectivity index is 2.05. The highest BCUT2D eigenvalue weighted by Gasteiger charge is 2.28. The molecule has 2 rings (SSSR count). The van der Waals surface area contributed by atoms with Gasteiger partial charge in [0.05, 0.1) is 11.4 Å². The van der Waals surface area contributed by atoms with E-state index in [1.54, 1.807) is 6.07 Å². The van der Waals surface area contributed by atoms with E-state index in [9.17, 15) is 18.0 Å². The number of alkyl halides is 4. The predicted octanol–water partition coefficient (Wildman–Crippen LogP) is 3.38. The fourth-order valence-electron chi connectivity index (χ4n) is 2.17. The Labute approximate surface area is 129 Å². The van der Waals surface area contributed by atoms with E-state index < -0.39 is 12.8 Å². The molecule has 1 atom stereocenters. The van der Waals surface area contributed by atoms with Crippen molar-refractivity contribution < 1.29 is 22.7 Å². The third kappa shape index (κ3) is 4.71. The van der Waals surface area contributed by atoms with Gasteiger partial charge >= 0.3 is 6.18 Å². The first kappa shape index (κ1) is 16.3. The zero-order valence-electron chi connectivity index (χ0n) is 11.2. The molecule has 7 heteroatoms. The zero-order chi connectivity index (χ0) is 15.5. The van der Waals surface area contributed by atoms with Gasteiger partial charge in [-0.2, -0.15) is 13.2 Å². The van der Waals surface area contributed by atoms with Gasteiger partial charge in [0.15, 0.2) is 0 Å². The number of aryl methyl sites for hydroxylation is 1. The lowest BCUT2D eigenvalue weighted by Crippen LogP contribution is -2.23. The number of ether oxygens (including phenoxy) is 1. The van der Waals surface area contributed by atoms with Crippen LogP contribution < -0.4 is 5.32 Å². The van der Waals surface area contributed by atoms with E-state index in [-0.39, 0.29) is 17.3 Å². The Morgan fingerprint density at radius 2 is 2.14 bits per heavy atom. The summed E-state index contributed by atoms with van der Waals surface area (Å²) < 4.78 is 40.7. The number of benzene rings is 1. The summed E-state index contributed by atoms with van der Waals surface area (Å²) in [6, 6.07) is 5.38. The number of fused-ring (bicyclic) bond motifs is 1. The minimum absolute atomic E-state index is 0.111. The average Bonchev–Trinajstić information content (AvgIpc) is 2.59. The number of nitrogens with one attached hydrogen (secondary N) is 1. The molecule has 0 radical (unpaired) electrons. The van der Waals surface area contributed by atoms with Crippen molar-refractivity contribution in [2.24, 2.45) is 0 Å². The monoisotopic (exact) mass is 365 g/mol. The molecule has 1 aliphatic rings. The van der Waals surface area contributed by atoms with Crippen molar-refractivity contribution in [2.45, 2.75) is 23.8 Å². The number of hydrogen-bond donors (Lipinski definition) is 1. The lowest BCUT2D eigenvalue weighted by Gasteiger charge is -2.14. The second kappa shape index (κ2) is 6.79. The summed E-state index contributed by atoms with van der Waals surface area (Å²) in [4.78, 5) is 11.5. The number of carbonyl (C=O) groups excluding carboxylic acids is 1. The smallest absolute Gasteiger partial charge is 0.371 e. The normalized spacial score (nSPS) is 16.9. The fourth-order valence-corrected chi connectivity index (χ4v) is 2.64. The van der Waals surface area contributed by atoms with Crippen molar-refractivity contribution in [3.8, 4) is 0 Å². The topological polar surface area (TPSA) is 38.3 Å². The third-order valence-corrected chi connectivity index (χ3v) is 3.97. The van der Waals surface area contributed by atoms with Crippen LogP contribution in [0.1, 0.15) is 32.7 Å². The Hall–Kier alpha value is -1.08. The molecule has 0 aromatic heterocycles. The average molecular weight is 366 g/mol. The molecule has 0 aliphatic carbocycles. The van der Waals surface area contributed by atoms with Crippen LogP contribution in [0.15, 0.2) is 18.2 Å². The van der Waals surface area contributed by atoms with Crippen LogP contribution in [0.2, 0.25) is 0 Å². The Bertz CT molecular complexity index is 519. The first-order valence-corrected chi connectivity index (χ1v) is 7.48. The number of hydrogen-bond acceptors (Lipinski definition) is 2. The molecule has 1 aliphatic heterocycles. The lowest BCUT2D eigenvalue weighted by atomic mass is 9.99. The van der Waals surface area contributed by atoms with Gasteiger partial charge in [-0.1, -0.05) is 28.1 Å². The molecule has 1 amide bonds. The fraction of sp³-hybridized carbons (Fsp3) is 0.500. The van der Waals surface area contributed by atoms with E-state index in [1.165, 1.54) is 0 Å². The zero-order valence-corrected chi connectivity index (χ0v) is 12.8. The minimum Gasteiger partial charge on any atom is -0.371 e. The van der Waals surface area contributed by atoms with E-state index in [0.29, 0.717) is 12.1 Å². The molecule has 0 bridgehead atoms. The SMILES string of the molecule is O=C1NCCCc2ccc(C(Br)COCC(F)(F)F)cc21. The second-order valence-corrected chi connectivity index (χ2v) is 5.98. The van der Waals surface area contributed by atoms with E-state index in [0.717, 1.165) is 24.0 Å². The molecule has 0 fully saturated rings. The molecular formula is C14H15BrF3NO2. The van der Waals surface area contributed by atoms with Crippen LogP contribution in [0.3, 0.4) is 0 Å². The van der Waals surface area contributed by atoms with Crippen molar-refractivity contribution in [1.82, 2.24) is 5.32 Å². The van der Waals surface area contributed by atoms with Gasteiger partial charge < -0.3 is 10.1 Å². The summed E-state index contributed by atoms with van der Waals surface area (Å²) in [5.41, 5.74) is 2.28. The maximum atomic E-state index is 12.0. The van der Waals surface area contributed by atoms with E-state index in [4.69, 9.17) is 0 Å². The van der Waals surface area contributed by atoms with Crippen LogP contribution in [0.4, 0.5) is 13.2 Å². The highest BCUT2D eigenvalue weighted by atomic mass is 79.9. The molecular weight excluding hydrogens is 351 g/mol.